The largest absolute Gasteiger partial charge is 0.508 e. The van der Waals surface area contributed by atoms with E-state index in [1.54, 1.807) is 12.1 Å². The standard InChI is InChI=1S/C27H32N2O5/c30-19-22-17-21(3-10-26(22)31)27(32)18-28-12-11-20-1-6-24(7-2-20)34-25-8-4-23(5-9-25)29-13-15-33-16-14-29/h1-10,17,27-28,30-32H,11-16,18-19H2. The predicted octanol–water partition coefficient (Wildman–Crippen LogP) is 3.38. The molecule has 34 heavy (non-hydrogen) atoms. The van der Waals surface area contributed by atoms with Crippen molar-refractivity contribution in [3.8, 4) is 17.2 Å². The smallest absolute Gasteiger partial charge is 0.127 e. The Balaban J connectivity index is 1.21. The second-order valence-corrected chi connectivity index (χ2v) is 8.36. The van der Waals surface area contributed by atoms with Crippen molar-refractivity contribution in [3.63, 3.8) is 0 Å². The summed E-state index contributed by atoms with van der Waals surface area (Å²) in [5.41, 5.74) is 3.42. The van der Waals surface area contributed by atoms with Crippen molar-refractivity contribution in [2.75, 3.05) is 44.3 Å². The maximum Gasteiger partial charge on any atom is 0.127 e. The summed E-state index contributed by atoms with van der Waals surface area (Å²) in [6.07, 6.45) is 0.106. The van der Waals surface area contributed by atoms with Crippen LogP contribution in [0.25, 0.3) is 0 Å². The number of ether oxygens (including phenoxy) is 2. The monoisotopic (exact) mass is 464 g/mol. The molecule has 0 aliphatic carbocycles. The Kier molecular flexibility index (Phi) is 8.38. The van der Waals surface area contributed by atoms with Crippen LogP contribution in [0.5, 0.6) is 17.2 Å². The summed E-state index contributed by atoms with van der Waals surface area (Å²) in [4.78, 5) is 2.31. The van der Waals surface area contributed by atoms with Gasteiger partial charge in [-0.05, 0) is 72.6 Å². The summed E-state index contributed by atoms with van der Waals surface area (Å²) in [7, 11) is 0. The molecule has 1 atom stereocenters. The average molecular weight is 465 g/mol. The molecule has 0 aromatic heterocycles. The molecule has 1 aliphatic rings. The summed E-state index contributed by atoms with van der Waals surface area (Å²) < 4.78 is 11.4. The Hall–Kier alpha value is -3.10. The van der Waals surface area contributed by atoms with Crippen LogP contribution in [0.3, 0.4) is 0 Å². The van der Waals surface area contributed by atoms with E-state index < -0.39 is 6.10 Å². The fourth-order valence-electron chi connectivity index (χ4n) is 3.94. The molecule has 4 N–H and O–H groups in total. The van der Waals surface area contributed by atoms with E-state index in [4.69, 9.17) is 9.47 Å². The zero-order valence-electron chi connectivity index (χ0n) is 19.2. The zero-order chi connectivity index (χ0) is 23.8. The molecule has 1 aliphatic heterocycles. The van der Waals surface area contributed by atoms with Crippen molar-refractivity contribution in [2.24, 2.45) is 0 Å². The van der Waals surface area contributed by atoms with Gasteiger partial charge in [0.25, 0.3) is 0 Å². The van der Waals surface area contributed by atoms with Gasteiger partial charge in [0.2, 0.25) is 0 Å². The number of hydrogen-bond acceptors (Lipinski definition) is 7. The van der Waals surface area contributed by atoms with Crippen LogP contribution in [0, 0.1) is 0 Å². The summed E-state index contributed by atoms with van der Waals surface area (Å²) >= 11 is 0. The van der Waals surface area contributed by atoms with Crippen LogP contribution in [0.15, 0.2) is 66.7 Å². The molecule has 7 nitrogen and oxygen atoms in total. The molecule has 0 radical (unpaired) electrons. The zero-order valence-corrected chi connectivity index (χ0v) is 19.2. The predicted molar refractivity (Wildman–Crippen MR) is 132 cm³/mol. The number of rotatable bonds is 10. The Morgan fingerprint density at radius 1 is 0.941 bits per heavy atom. The molecule has 7 heteroatoms. The number of morpholine rings is 1. The molecule has 1 fully saturated rings. The number of anilines is 1. The van der Waals surface area contributed by atoms with Gasteiger partial charge in [-0.2, -0.15) is 0 Å². The highest BCUT2D eigenvalue weighted by molar-refractivity contribution is 5.50. The third-order valence-corrected chi connectivity index (χ3v) is 5.96. The molecule has 0 amide bonds. The number of nitrogens with one attached hydrogen (secondary N) is 1. The van der Waals surface area contributed by atoms with E-state index >= 15 is 0 Å². The van der Waals surface area contributed by atoms with Crippen LogP contribution in [0.4, 0.5) is 5.69 Å². The molecule has 3 aromatic rings. The van der Waals surface area contributed by atoms with Crippen LogP contribution < -0.4 is 15.0 Å². The number of aliphatic hydroxyl groups is 2. The van der Waals surface area contributed by atoms with Gasteiger partial charge in [0.15, 0.2) is 0 Å². The first kappa shape index (κ1) is 24.0. The van der Waals surface area contributed by atoms with Crippen LogP contribution in [-0.4, -0.2) is 54.7 Å². The first-order valence-corrected chi connectivity index (χ1v) is 11.6. The maximum absolute atomic E-state index is 10.3. The third kappa shape index (κ3) is 6.48. The van der Waals surface area contributed by atoms with E-state index in [2.05, 4.69) is 22.3 Å². The van der Waals surface area contributed by atoms with Crippen molar-refractivity contribution >= 4 is 5.69 Å². The van der Waals surface area contributed by atoms with Crippen molar-refractivity contribution in [1.82, 2.24) is 5.32 Å². The van der Waals surface area contributed by atoms with Crippen molar-refractivity contribution in [2.45, 2.75) is 19.1 Å². The van der Waals surface area contributed by atoms with E-state index in [1.165, 1.54) is 17.3 Å². The number of hydrogen-bond donors (Lipinski definition) is 4. The molecule has 4 rings (SSSR count). The quantitative estimate of drug-likeness (QED) is 0.342. The highest BCUT2D eigenvalue weighted by Gasteiger charge is 2.12. The number of aliphatic hydroxyl groups excluding tert-OH is 2. The van der Waals surface area contributed by atoms with E-state index in [9.17, 15) is 15.3 Å². The number of nitrogens with zero attached hydrogens (tertiary/aromatic N) is 1. The first-order valence-electron chi connectivity index (χ1n) is 11.6. The van der Waals surface area contributed by atoms with Gasteiger partial charge in [0, 0.05) is 30.9 Å². The maximum atomic E-state index is 10.3. The molecule has 180 valence electrons. The van der Waals surface area contributed by atoms with E-state index in [-0.39, 0.29) is 12.4 Å². The minimum atomic E-state index is -0.712. The first-order chi connectivity index (χ1) is 16.6. The van der Waals surface area contributed by atoms with E-state index in [0.717, 1.165) is 44.2 Å². The topological polar surface area (TPSA) is 94.4 Å². The molecule has 1 unspecified atom stereocenters. The molecular formula is C27H32N2O5. The van der Waals surface area contributed by atoms with Gasteiger partial charge in [-0.1, -0.05) is 18.2 Å². The minimum Gasteiger partial charge on any atom is -0.508 e. The van der Waals surface area contributed by atoms with Crippen LogP contribution in [-0.2, 0) is 17.8 Å². The lowest BCUT2D eigenvalue weighted by molar-refractivity contribution is 0.122. The summed E-state index contributed by atoms with van der Waals surface area (Å²) in [5, 5.41) is 32.5. The minimum absolute atomic E-state index is 0.0313. The summed E-state index contributed by atoms with van der Waals surface area (Å²) in [6.45, 7) is 4.20. The van der Waals surface area contributed by atoms with Gasteiger partial charge in [-0.25, -0.2) is 0 Å². The lowest BCUT2D eigenvalue weighted by Crippen LogP contribution is -2.36. The number of phenols is 1. The highest BCUT2D eigenvalue weighted by Crippen LogP contribution is 2.25. The third-order valence-electron chi connectivity index (χ3n) is 5.96. The average Bonchev–Trinajstić information content (AvgIpc) is 2.88. The van der Waals surface area contributed by atoms with E-state index in [0.29, 0.717) is 24.2 Å². The molecule has 1 saturated heterocycles. The second-order valence-electron chi connectivity index (χ2n) is 8.36. The molecule has 0 bridgehead atoms. The SMILES string of the molecule is OCc1cc(C(O)CNCCc2ccc(Oc3ccc(N4CCOCC4)cc3)cc2)ccc1O. The summed E-state index contributed by atoms with van der Waals surface area (Å²) in [6, 6.07) is 20.9. The molecule has 0 spiro atoms. The van der Waals surface area contributed by atoms with Crippen molar-refractivity contribution < 1.29 is 24.8 Å². The lowest BCUT2D eigenvalue weighted by Gasteiger charge is -2.28. The normalized spacial score (nSPS) is 14.7. The Bertz CT molecular complexity index is 1030. The van der Waals surface area contributed by atoms with Crippen LogP contribution >= 0.6 is 0 Å². The van der Waals surface area contributed by atoms with Gasteiger partial charge < -0.3 is 35.0 Å². The van der Waals surface area contributed by atoms with Gasteiger partial charge in [-0.3, -0.25) is 0 Å². The Labute approximate surface area is 200 Å². The highest BCUT2D eigenvalue weighted by atomic mass is 16.5. The van der Waals surface area contributed by atoms with Gasteiger partial charge >= 0.3 is 0 Å². The summed E-state index contributed by atoms with van der Waals surface area (Å²) in [5.74, 6) is 1.63. The second kappa shape index (κ2) is 11.9. The number of aromatic hydroxyl groups is 1. The fraction of sp³-hybridized carbons (Fsp3) is 0.333. The van der Waals surface area contributed by atoms with Crippen molar-refractivity contribution in [1.29, 1.82) is 0 Å². The van der Waals surface area contributed by atoms with Gasteiger partial charge in [0.05, 0.1) is 25.9 Å². The molecule has 1 heterocycles. The van der Waals surface area contributed by atoms with Crippen LogP contribution in [0.1, 0.15) is 22.8 Å². The van der Waals surface area contributed by atoms with Gasteiger partial charge in [-0.15, -0.1) is 0 Å². The lowest BCUT2D eigenvalue weighted by atomic mass is 10.1. The Morgan fingerprint density at radius 3 is 2.29 bits per heavy atom. The Morgan fingerprint density at radius 2 is 1.62 bits per heavy atom. The van der Waals surface area contributed by atoms with E-state index in [1.807, 2.05) is 36.4 Å². The van der Waals surface area contributed by atoms with Crippen molar-refractivity contribution in [3.05, 3.63) is 83.4 Å². The van der Waals surface area contributed by atoms with Gasteiger partial charge in [0.1, 0.15) is 17.2 Å². The number of benzene rings is 3. The molecule has 3 aromatic carbocycles. The molecule has 0 saturated carbocycles. The van der Waals surface area contributed by atoms with Crippen LogP contribution in [0.2, 0.25) is 0 Å². The molecular weight excluding hydrogens is 432 g/mol. The fourth-order valence-corrected chi connectivity index (χ4v) is 3.94.